The van der Waals surface area contributed by atoms with Gasteiger partial charge in [-0.15, -0.1) is 0 Å². The van der Waals surface area contributed by atoms with Gasteiger partial charge in [0.1, 0.15) is 0 Å². The molecule has 0 N–H and O–H groups in total. The van der Waals surface area contributed by atoms with Gasteiger partial charge in [-0.05, 0) is 79.8 Å². The van der Waals surface area contributed by atoms with E-state index in [2.05, 4.69) is 24.6 Å². The SMILES string of the molecule is CC(C)CC[C@@H](c1ccc(C(F)(F)F)cc1)n1cc(-c2ccc(Cl)cc2Cl)c2c1CCCC2. The highest BCUT2D eigenvalue weighted by Crippen LogP contribution is 2.41. The molecule has 1 atom stereocenters. The molecule has 4 rings (SSSR count). The van der Waals surface area contributed by atoms with Crippen molar-refractivity contribution >= 4 is 23.2 Å². The van der Waals surface area contributed by atoms with Gasteiger partial charge in [-0.3, -0.25) is 0 Å². The van der Waals surface area contributed by atoms with Gasteiger partial charge in [-0.2, -0.15) is 13.2 Å². The lowest BCUT2D eigenvalue weighted by molar-refractivity contribution is -0.137. The zero-order valence-electron chi connectivity index (χ0n) is 18.9. The van der Waals surface area contributed by atoms with E-state index in [1.54, 1.807) is 18.2 Å². The molecule has 176 valence electrons. The molecule has 0 saturated heterocycles. The number of benzene rings is 2. The number of rotatable bonds is 6. The highest BCUT2D eigenvalue weighted by atomic mass is 35.5. The monoisotopic (exact) mass is 493 g/mol. The second-order valence-electron chi connectivity index (χ2n) is 9.31. The normalized spacial score (nSPS) is 15.0. The van der Waals surface area contributed by atoms with Crippen molar-refractivity contribution in [3.63, 3.8) is 0 Å². The van der Waals surface area contributed by atoms with Gasteiger partial charge in [-0.25, -0.2) is 0 Å². The average molecular weight is 494 g/mol. The molecule has 33 heavy (non-hydrogen) atoms. The van der Waals surface area contributed by atoms with Crippen molar-refractivity contribution in [1.82, 2.24) is 4.57 Å². The number of hydrogen-bond donors (Lipinski definition) is 0. The first-order valence-corrected chi connectivity index (χ1v) is 12.3. The number of fused-ring (bicyclic) bond motifs is 1. The van der Waals surface area contributed by atoms with Crippen LogP contribution in [0.4, 0.5) is 13.2 Å². The number of aromatic nitrogens is 1. The Balaban J connectivity index is 1.82. The summed E-state index contributed by atoms with van der Waals surface area (Å²) < 4.78 is 41.8. The van der Waals surface area contributed by atoms with Gasteiger partial charge in [0, 0.05) is 33.1 Å². The minimum atomic E-state index is -4.34. The highest BCUT2D eigenvalue weighted by Gasteiger charge is 2.31. The van der Waals surface area contributed by atoms with E-state index in [1.165, 1.54) is 23.4 Å². The molecule has 2 aromatic carbocycles. The molecule has 0 bridgehead atoms. The number of hydrogen-bond acceptors (Lipinski definition) is 0. The molecule has 1 aliphatic carbocycles. The summed E-state index contributed by atoms with van der Waals surface area (Å²) in [6.45, 7) is 4.35. The first-order chi connectivity index (χ1) is 15.6. The molecule has 0 amide bonds. The van der Waals surface area contributed by atoms with E-state index >= 15 is 0 Å². The van der Waals surface area contributed by atoms with E-state index in [1.807, 2.05) is 12.1 Å². The van der Waals surface area contributed by atoms with E-state index in [0.717, 1.165) is 55.2 Å². The van der Waals surface area contributed by atoms with E-state index in [0.29, 0.717) is 16.0 Å². The molecule has 3 aromatic rings. The summed E-state index contributed by atoms with van der Waals surface area (Å²) in [5, 5.41) is 1.21. The van der Waals surface area contributed by atoms with E-state index in [4.69, 9.17) is 23.2 Å². The number of halogens is 5. The summed E-state index contributed by atoms with van der Waals surface area (Å²) in [5.74, 6) is 0.499. The van der Waals surface area contributed by atoms with Crippen LogP contribution >= 0.6 is 23.2 Å². The predicted molar refractivity (Wildman–Crippen MR) is 130 cm³/mol. The maximum Gasteiger partial charge on any atom is 0.416 e. The third-order valence-electron chi connectivity index (χ3n) is 6.54. The van der Waals surface area contributed by atoms with Gasteiger partial charge in [0.2, 0.25) is 0 Å². The van der Waals surface area contributed by atoms with Crippen LogP contribution in [0, 0.1) is 5.92 Å². The molecule has 0 fully saturated rings. The fourth-order valence-corrected chi connectivity index (χ4v) is 5.34. The first-order valence-electron chi connectivity index (χ1n) is 11.5. The van der Waals surface area contributed by atoms with Crippen LogP contribution in [0.25, 0.3) is 11.1 Å². The van der Waals surface area contributed by atoms with Crippen molar-refractivity contribution in [2.45, 2.75) is 64.6 Å². The van der Waals surface area contributed by atoms with Crippen molar-refractivity contribution in [1.29, 1.82) is 0 Å². The Morgan fingerprint density at radius 1 is 0.909 bits per heavy atom. The Kier molecular flexibility index (Phi) is 7.16. The van der Waals surface area contributed by atoms with Crippen LogP contribution in [0.15, 0.2) is 48.7 Å². The lowest BCUT2D eigenvalue weighted by atomic mass is 9.91. The molecule has 1 nitrogen and oxygen atoms in total. The Morgan fingerprint density at radius 2 is 1.61 bits per heavy atom. The minimum Gasteiger partial charge on any atom is -0.343 e. The Labute approximate surface area is 203 Å². The van der Waals surface area contributed by atoms with Crippen molar-refractivity contribution in [3.8, 4) is 11.1 Å². The molecule has 1 aromatic heterocycles. The van der Waals surface area contributed by atoms with Gasteiger partial charge < -0.3 is 4.57 Å². The summed E-state index contributed by atoms with van der Waals surface area (Å²) in [6, 6.07) is 11.2. The Hall–Kier alpha value is -1.91. The number of alkyl halides is 3. The molecule has 0 unspecified atom stereocenters. The average Bonchev–Trinajstić information content (AvgIpc) is 3.13. The van der Waals surface area contributed by atoms with Crippen LogP contribution in [0.1, 0.15) is 68.0 Å². The maximum atomic E-state index is 13.2. The summed E-state index contributed by atoms with van der Waals surface area (Å²) in [7, 11) is 0. The second-order valence-corrected chi connectivity index (χ2v) is 10.2. The molecule has 1 aliphatic rings. The smallest absolute Gasteiger partial charge is 0.343 e. The van der Waals surface area contributed by atoms with Crippen molar-refractivity contribution < 1.29 is 13.2 Å². The van der Waals surface area contributed by atoms with Crippen molar-refractivity contribution in [3.05, 3.63) is 81.1 Å². The van der Waals surface area contributed by atoms with Gasteiger partial charge in [0.25, 0.3) is 0 Å². The van der Waals surface area contributed by atoms with Crippen molar-refractivity contribution in [2.24, 2.45) is 5.92 Å². The molecular formula is C27H28Cl2F3N. The topological polar surface area (TPSA) is 4.93 Å². The van der Waals surface area contributed by atoms with Crippen LogP contribution < -0.4 is 0 Å². The molecule has 0 saturated carbocycles. The van der Waals surface area contributed by atoms with Gasteiger partial charge in [0.05, 0.1) is 11.6 Å². The quantitative estimate of drug-likeness (QED) is 0.322. The van der Waals surface area contributed by atoms with Crippen LogP contribution in [-0.4, -0.2) is 4.57 Å². The van der Waals surface area contributed by atoms with E-state index in [-0.39, 0.29) is 6.04 Å². The van der Waals surface area contributed by atoms with Crippen LogP contribution in [0.3, 0.4) is 0 Å². The summed E-state index contributed by atoms with van der Waals surface area (Å²) in [6.07, 6.45) is 3.82. The largest absolute Gasteiger partial charge is 0.416 e. The third kappa shape index (κ3) is 5.27. The Morgan fingerprint density at radius 3 is 2.24 bits per heavy atom. The molecule has 0 aliphatic heterocycles. The van der Waals surface area contributed by atoms with Crippen LogP contribution in [-0.2, 0) is 19.0 Å². The zero-order chi connectivity index (χ0) is 23.8. The van der Waals surface area contributed by atoms with Crippen LogP contribution in [0.5, 0.6) is 0 Å². The molecular weight excluding hydrogens is 466 g/mol. The molecule has 6 heteroatoms. The van der Waals surface area contributed by atoms with Gasteiger partial charge in [-0.1, -0.05) is 55.2 Å². The highest BCUT2D eigenvalue weighted by molar-refractivity contribution is 6.36. The molecule has 0 spiro atoms. The fraction of sp³-hybridized carbons (Fsp3) is 0.407. The summed E-state index contributed by atoms with van der Waals surface area (Å²) in [5.41, 5.74) is 4.92. The van der Waals surface area contributed by atoms with E-state index in [9.17, 15) is 13.2 Å². The third-order valence-corrected chi connectivity index (χ3v) is 7.09. The fourth-order valence-electron chi connectivity index (χ4n) is 4.83. The molecule has 1 heterocycles. The maximum absolute atomic E-state index is 13.2. The van der Waals surface area contributed by atoms with Gasteiger partial charge in [0.15, 0.2) is 0 Å². The first kappa shape index (κ1) is 24.2. The minimum absolute atomic E-state index is 0.0265. The zero-order valence-corrected chi connectivity index (χ0v) is 20.4. The summed E-state index contributed by atoms with van der Waals surface area (Å²) >= 11 is 12.7. The lowest BCUT2D eigenvalue weighted by Gasteiger charge is -2.25. The van der Waals surface area contributed by atoms with E-state index < -0.39 is 11.7 Å². The van der Waals surface area contributed by atoms with Crippen LogP contribution in [0.2, 0.25) is 10.0 Å². The summed E-state index contributed by atoms with van der Waals surface area (Å²) in [4.78, 5) is 0. The number of nitrogens with zero attached hydrogens (tertiary/aromatic N) is 1. The molecule has 0 radical (unpaired) electrons. The Bertz CT molecular complexity index is 1110. The van der Waals surface area contributed by atoms with Crippen molar-refractivity contribution in [2.75, 3.05) is 0 Å². The second kappa shape index (κ2) is 9.76. The van der Waals surface area contributed by atoms with Gasteiger partial charge >= 0.3 is 6.18 Å². The lowest BCUT2D eigenvalue weighted by Crippen LogP contribution is -2.16. The predicted octanol–water partition coefficient (Wildman–Crippen LogP) is 9.39. The standard InChI is InChI=1S/C27H28Cl2F3N/c1-17(2)7-14-25(18-8-10-19(11-9-18)27(30,31)32)33-16-23(22-5-3-4-6-26(22)33)21-13-12-20(28)15-24(21)29/h8-13,15-17,25H,3-7,14H2,1-2H3/t25-/m0/s1.